The molecule has 1 aromatic heterocycles. The maximum absolute atomic E-state index is 5.84. The van der Waals surface area contributed by atoms with Crippen molar-refractivity contribution < 1.29 is 4.74 Å². The minimum absolute atomic E-state index is 0.714. The molecule has 0 aliphatic rings. The first-order valence-electron chi connectivity index (χ1n) is 6.85. The molecule has 3 aromatic rings. The topological polar surface area (TPSA) is 40.2 Å². The minimum Gasteiger partial charge on any atom is -0.494 e. The molecule has 0 aliphatic heterocycles. The van der Waals surface area contributed by atoms with Gasteiger partial charge in [0.2, 0.25) is 0 Å². The second kappa shape index (κ2) is 5.70. The maximum atomic E-state index is 5.84. The van der Waals surface area contributed by atoms with E-state index in [2.05, 4.69) is 22.9 Å². The molecule has 20 heavy (non-hydrogen) atoms. The number of hydrogen-bond acceptors (Lipinski definition) is 2. The van der Waals surface area contributed by atoms with Gasteiger partial charge in [-0.05, 0) is 42.1 Å². The normalized spacial score (nSPS) is 10.8. The fraction of sp³-hybridized carbons (Fsp3) is 0.176. The van der Waals surface area contributed by atoms with Gasteiger partial charge in [0.1, 0.15) is 5.75 Å². The lowest BCUT2D eigenvalue weighted by molar-refractivity contribution is 0.302. The third kappa shape index (κ3) is 2.77. The quantitative estimate of drug-likeness (QED) is 0.565. The van der Waals surface area contributed by atoms with Crippen LogP contribution >= 0.6 is 0 Å². The Morgan fingerprint density at radius 2 is 1.85 bits per heavy atom. The Morgan fingerprint density at radius 3 is 2.70 bits per heavy atom. The fourth-order valence-corrected chi connectivity index (χ4v) is 2.34. The van der Waals surface area contributed by atoms with Crippen LogP contribution in [0.1, 0.15) is 6.42 Å². The minimum atomic E-state index is 0.714. The Morgan fingerprint density at radius 1 is 1.00 bits per heavy atom. The van der Waals surface area contributed by atoms with Crippen LogP contribution < -0.4 is 10.5 Å². The second-order valence-electron chi connectivity index (χ2n) is 4.84. The molecule has 0 spiro atoms. The molecule has 0 saturated carbocycles. The molecule has 0 amide bonds. The Bertz CT molecular complexity index is 689. The van der Waals surface area contributed by atoms with Crippen LogP contribution in [-0.2, 0) is 6.54 Å². The lowest BCUT2D eigenvalue weighted by Crippen LogP contribution is -2.03. The lowest BCUT2D eigenvalue weighted by Gasteiger charge is -2.08. The van der Waals surface area contributed by atoms with E-state index in [-0.39, 0.29) is 0 Å². The Kier molecular flexibility index (Phi) is 3.59. The summed E-state index contributed by atoms with van der Waals surface area (Å²) in [4.78, 5) is 0. The number of fused-ring (bicyclic) bond motifs is 1. The van der Waals surface area contributed by atoms with Gasteiger partial charge < -0.3 is 15.0 Å². The molecule has 3 heteroatoms. The SMILES string of the molecule is Nc1ccc2ccn(CCCOc3ccccc3)c2c1. The van der Waals surface area contributed by atoms with Gasteiger partial charge in [-0.25, -0.2) is 0 Å². The van der Waals surface area contributed by atoms with E-state index in [1.165, 1.54) is 10.9 Å². The highest BCUT2D eigenvalue weighted by atomic mass is 16.5. The van der Waals surface area contributed by atoms with Crippen LogP contribution in [-0.4, -0.2) is 11.2 Å². The Balaban J connectivity index is 1.59. The van der Waals surface area contributed by atoms with Crippen molar-refractivity contribution in [3.05, 3.63) is 60.8 Å². The molecule has 0 atom stereocenters. The number of aryl methyl sites for hydroxylation is 1. The van der Waals surface area contributed by atoms with E-state index >= 15 is 0 Å². The average Bonchev–Trinajstić information content (AvgIpc) is 2.87. The molecular formula is C17H18N2O. The van der Waals surface area contributed by atoms with Gasteiger partial charge >= 0.3 is 0 Å². The highest BCUT2D eigenvalue weighted by Gasteiger charge is 2.01. The van der Waals surface area contributed by atoms with Crippen molar-refractivity contribution >= 4 is 16.6 Å². The number of ether oxygens (including phenoxy) is 1. The largest absolute Gasteiger partial charge is 0.494 e. The van der Waals surface area contributed by atoms with Gasteiger partial charge in [-0.2, -0.15) is 0 Å². The number of benzene rings is 2. The van der Waals surface area contributed by atoms with E-state index in [0.717, 1.165) is 24.4 Å². The number of nitrogens with zero attached hydrogens (tertiary/aromatic N) is 1. The molecule has 0 unspecified atom stereocenters. The van der Waals surface area contributed by atoms with Crippen LogP contribution in [0, 0.1) is 0 Å². The standard InChI is InChI=1S/C17H18N2O/c18-15-8-7-14-9-11-19(17(14)13-15)10-4-12-20-16-5-2-1-3-6-16/h1-3,5-9,11,13H,4,10,12,18H2. The van der Waals surface area contributed by atoms with Gasteiger partial charge in [-0.3, -0.25) is 0 Å². The molecule has 3 rings (SSSR count). The van der Waals surface area contributed by atoms with E-state index in [1.54, 1.807) is 0 Å². The van der Waals surface area contributed by atoms with Gasteiger partial charge in [-0.15, -0.1) is 0 Å². The number of anilines is 1. The Hall–Kier alpha value is -2.42. The summed E-state index contributed by atoms with van der Waals surface area (Å²) >= 11 is 0. The third-order valence-corrected chi connectivity index (χ3v) is 3.35. The predicted molar refractivity (Wildman–Crippen MR) is 82.9 cm³/mol. The van der Waals surface area contributed by atoms with E-state index in [4.69, 9.17) is 10.5 Å². The van der Waals surface area contributed by atoms with Crippen molar-refractivity contribution in [1.29, 1.82) is 0 Å². The molecule has 1 heterocycles. The van der Waals surface area contributed by atoms with Gasteiger partial charge in [0.05, 0.1) is 12.1 Å². The van der Waals surface area contributed by atoms with Crippen LogP contribution in [0.2, 0.25) is 0 Å². The fourth-order valence-electron chi connectivity index (χ4n) is 2.34. The zero-order chi connectivity index (χ0) is 13.8. The van der Waals surface area contributed by atoms with Crippen molar-refractivity contribution in [1.82, 2.24) is 4.57 Å². The monoisotopic (exact) mass is 266 g/mol. The highest BCUT2D eigenvalue weighted by Crippen LogP contribution is 2.19. The number of nitrogen functional groups attached to an aromatic ring is 1. The molecule has 102 valence electrons. The number of hydrogen-bond donors (Lipinski definition) is 1. The first-order chi connectivity index (χ1) is 9.83. The molecule has 0 saturated heterocycles. The molecule has 0 fully saturated rings. The van der Waals surface area contributed by atoms with E-state index < -0.39 is 0 Å². The first kappa shape index (κ1) is 12.6. The zero-order valence-corrected chi connectivity index (χ0v) is 11.3. The number of para-hydroxylation sites is 1. The van der Waals surface area contributed by atoms with Crippen molar-refractivity contribution in [2.75, 3.05) is 12.3 Å². The van der Waals surface area contributed by atoms with E-state index in [9.17, 15) is 0 Å². The Labute approximate surface area is 118 Å². The van der Waals surface area contributed by atoms with E-state index in [0.29, 0.717) is 6.61 Å². The van der Waals surface area contributed by atoms with Crippen LogP contribution in [0.25, 0.3) is 10.9 Å². The highest BCUT2D eigenvalue weighted by molar-refractivity contribution is 5.83. The molecule has 2 N–H and O–H groups in total. The summed E-state index contributed by atoms with van der Waals surface area (Å²) < 4.78 is 7.92. The van der Waals surface area contributed by atoms with Crippen molar-refractivity contribution in [3.8, 4) is 5.75 Å². The van der Waals surface area contributed by atoms with Crippen LogP contribution in [0.15, 0.2) is 60.8 Å². The summed E-state index contributed by atoms with van der Waals surface area (Å²) in [7, 11) is 0. The summed E-state index contributed by atoms with van der Waals surface area (Å²) in [5.74, 6) is 0.925. The van der Waals surface area contributed by atoms with Gasteiger partial charge in [0.15, 0.2) is 0 Å². The third-order valence-electron chi connectivity index (χ3n) is 3.35. The van der Waals surface area contributed by atoms with Crippen LogP contribution in [0.3, 0.4) is 0 Å². The summed E-state index contributed by atoms with van der Waals surface area (Å²) in [6.07, 6.45) is 3.07. The molecule has 3 nitrogen and oxygen atoms in total. The summed E-state index contributed by atoms with van der Waals surface area (Å²) in [5.41, 5.74) is 7.83. The van der Waals surface area contributed by atoms with Crippen molar-refractivity contribution in [2.45, 2.75) is 13.0 Å². The van der Waals surface area contributed by atoms with Gasteiger partial charge in [0.25, 0.3) is 0 Å². The number of nitrogens with two attached hydrogens (primary N) is 1. The molecule has 2 aromatic carbocycles. The molecule has 0 bridgehead atoms. The lowest BCUT2D eigenvalue weighted by atomic mass is 10.2. The smallest absolute Gasteiger partial charge is 0.119 e. The van der Waals surface area contributed by atoms with Crippen molar-refractivity contribution in [2.24, 2.45) is 0 Å². The summed E-state index contributed by atoms with van der Waals surface area (Å²) in [6, 6.07) is 18.0. The summed E-state index contributed by atoms with van der Waals surface area (Å²) in [6.45, 7) is 1.64. The van der Waals surface area contributed by atoms with Gasteiger partial charge in [-0.1, -0.05) is 24.3 Å². The second-order valence-corrected chi connectivity index (χ2v) is 4.84. The molecular weight excluding hydrogens is 248 g/mol. The average molecular weight is 266 g/mol. The predicted octanol–water partition coefficient (Wildman–Crippen LogP) is 3.69. The zero-order valence-electron chi connectivity index (χ0n) is 11.3. The van der Waals surface area contributed by atoms with Crippen molar-refractivity contribution in [3.63, 3.8) is 0 Å². The van der Waals surface area contributed by atoms with Gasteiger partial charge in [0, 0.05) is 18.4 Å². The molecule has 0 radical (unpaired) electrons. The number of aromatic nitrogens is 1. The molecule has 0 aliphatic carbocycles. The first-order valence-corrected chi connectivity index (χ1v) is 6.85. The summed E-state index contributed by atoms with van der Waals surface area (Å²) in [5, 5.41) is 1.23. The van der Waals surface area contributed by atoms with Crippen LogP contribution in [0.5, 0.6) is 5.75 Å². The number of rotatable bonds is 5. The van der Waals surface area contributed by atoms with Crippen LogP contribution in [0.4, 0.5) is 5.69 Å². The maximum Gasteiger partial charge on any atom is 0.119 e. The van der Waals surface area contributed by atoms with E-state index in [1.807, 2.05) is 42.5 Å².